The molecule has 0 aliphatic carbocycles. The summed E-state index contributed by atoms with van der Waals surface area (Å²) >= 11 is 6.02. The molecule has 0 aliphatic heterocycles. The molecule has 4 heteroatoms. The molecule has 0 aliphatic rings. The number of aryl methyl sites for hydroxylation is 1. The maximum atomic E-state index is 6.02. The van der Waals surface area contributed by atoms with Crippen LogP contribution in [0.2, 0.25) is 5.02 Å². The lowest BCUT2D eigenvalue weighted by molar-refractivity contribution is 0.298. The minimum atomic E-state index is 0.597. The summed E-state index contributed by atoms with van der Waals surface area (Å²) in [7, 11) is 0. The molecule has 0 unspecified atom stereocenters. The summed E-state index contributed by atoms with van der Waals surface area (Å²) in [6.07, 6.45) is 1.80. The molecule has 1 aromatic heterocycles. The quantitative estimate of drug-likeness (QED) is 0.391. The Kier molecular flexibility index (Phi) is 5.63. The van der Waals surface area contributed by atoms with Gasteiger partial charge in [-0.1, -0.05) is 54.9 Å². The van der Waals surface area contributed by atoms with Gasteiger partial charge in [0.15, 0.2) is 0 Å². The van der Waals surface area contributed by atoms with Gasteiger partial charge in [-0.15, -0.1) is 0 Å². The average molecular weight is 391 g/mol. The number of hydrogen-bond acceptors (Lipinski definition) is 2. The monoisotopic (exact) mass is 390 g/mol. The van der Waals surface area contributed by atoms with Crippen molar-refractivity contribution in [1.82, 2.24) is 9.55 Å². The summed E-state index contributed by atoms with van der Waals surface area (Å²) in [5, 5.41) is 0.750. The van der Waals surface area contributed by atoms with Crippen LogP contribution < -0.4 is 4.74 Å². The van der Waals surface area contributed by atoms with E-state index in [4.69, 9.17) is 21.3 Å². The fraction of sp³-hybridized carbons (Fsp3) is 0.208. The molecule has 0 atom stereocenters. The van der Waals surface area contributed by atoms with Gasteiger partial charge in [-0.3, -0.25) is 0 Å². The summed E-state index contributed by atoms with van der Waals surface area (Å²) in [6.45, 7) is 3.50. The van der Waals surface area contributed by atoms with Crippen molar-refractivity contribution in [3.05, 3.63) is 94.8 Å². The van der Waals surface area contributed by atoms with E-state index in [0.29, 0.717) is 6.61 Å². The molecular formula is C24H23ClN2O. The van der Waals surface area contributed by atoms with E-state index in [1.54, 1.807) is 0 Å². The summed E-state index contributed by atoms with van der Waals surface area (Å²) < 4.78 is 8.24. The van der Waals surface area contributed by atoms with Gasteiger partial charge in [0, 0.05) is 11.4 Å². The molecule has 0 saturated heterocycles. The topological polar surface area (TPSA) is 27.1 Å². The van der Waals surface area contributed by atoms with Crippen LogP contribution in [-0.2, 0) is 19.4 Å². The summed E-state index contributed by atoms with van der Waals surface area (Å²) in [5.74, 6) is 1.94. The van der Waals surface area contributed by atoms with Crippen LogP contribution in [0.15, 0.2) is 72.8 Å². The predicted octanol–water partition coefficient (Wildman–Crippen LogP) is 5.92. The normalized spacial score (nSPS) is 11.1. The van der Waals surface area contributed by atoms with Crippen LogP contribution in [-0.4, -0.2) is 16.2 Å². The van der Waals surface area contributed by atoms with E-state index < -0.39 is 0 Å². The van der Waals surface area contributed by atoms with Crippen LogP contribution in [0.3, 0.4) is 0 Å². The van der Waals surface area contributed by atoms with Crippen LogP contribution in [0.4, 0.5) is 0 Å². The van der Waals surface area contributed by atoms with Crippen molar-refractivity contribution < 1.29 is 4.74 Å². The number of halogens is 1. The van der Waals surface area contributed by atoms with E-state index in [9.17, 15) is 0 Å². The maximum Gasteiger partial charge on any atom is 0.119 e. The second-order valence-corrected chi connectivity index (χ2v) is 7.25. The average Bonchev–Trinajstić information content (AvgIpc) is 3.07. The van der Waals surface area contributed by atoms with Crippen molar-refractivity contribution in [2.45, 2.75) is 26.3 Å². The Morgan fingerprint density at radius 1 is 0.893 bits per heavy atom. The first-order valence-corrected chi connectivity index (χ1v) is 10.0. The molecular weight excluding hydrogens is 368 g/mol. The lowest BCUT2D eigenvalue weighted by atomic mass is 10.1. The van der Waals surface area contributed by atoms with Crippen molar-refractivity contribution in [2.75, 3.05) is 6.61 Å². The van der Waals surface area contributed by atoms with Crippen molar-refractivity contribution in [3.63, 3.8) is 0 Å². The molecule has 4 aromatic rings. The van der Waals surface area contributed by atoms with Crippen molar-refractivity contribution >= 4 is 22.6 Å². The first kappa shape index (κ1) is 18.6. The molecule has 28 heavy (non-hydrogen) atoms. The highest BCUT2D eigenvalue weighted by atomic mass is 35.5. The molecule has 0 radical (unpaired) electrons. The molecule has 0 amide bonds. The first-order valence-electron chi connectivity index (χ1n) is 9.63. The highest BCUT2D eigenvalue weighted by Crippen LogP contribution is 2.20. The molecule has 0 saturated carbocycles. The van der Waals surface area contributed by atoms with Crippen LogP contribution in [0, 0.1) is 0 Å². The summed E-state index contributed by atoms with van der Waals surface area (Å²) in [4.78, 5) is 4.85. The van der Waals surface area contributed by atoms with E-state index in [-0.39, 0.29) is 0 Å². The van der Waals surface area contributed by atoms with Crippen molar-refractivity contribution in [1.29, 1.82) is 0 Å². The van der Waals surface area contributed by atoms with Gasteiger partial charge in [-0.05, 0) is 53.9 Å². The van der Waals surface area contributed by atoms with Gasteiger partial charge in [0.1, 0.15) is 18.2 Å². The van der Waals surface area contributed by atoms with Crippen LogP contribution >= 0.6 is 11.6 Å². The number of rotatable bonds is 7. The molecule has 3 nitrogen and oxygen atoms in total. The van der Waals surface area contributed by atoms with E-state index in [0.717, 1.165) is 47.0 Å². The number of ether oxygens (including phenoxy) is 1. The second kappa shape index (κ2) is 8.49. The Bertz CT molecular complexity index is 1050. The molecule has 0 fully saturated rings. The van der Waals surface area contributed by atoms with Crippen molar-refractivity contribution in [3.8, 4) is 5.75 Å². The number of para-hydroxylation sites is 2. The molecule has 3 aromatic carbocycles. The van der Waals surface area contributed by atoms with Crippen LogP contribution in [0.25, 0.3) is 11.0 Å². The Morgan fingerprint density at radius 2 is 1.61 bits per heavy atom. The maximum absolute atomic E-state index is 6.02. The van der Waals surface area contributed by atoms with Gasteiger partial charge in [0.25, 0.3) is 0 Å². The lowest BCUT2D eigenvalue weighted by Gasteiger charge is -2.11. The number of imidazole rings is 1. The van der Waals surface area contributed by atoms with Gasteiger partial charge in [-0.25, -0.2) is 4.98 Å². The third kappa shape index (κ3) is 4.20. The number of benzene rings is 3. The minimum Gasteiger partial charge on any atom is -0.492 e. The number of aromatic nitrogens is 2. The van der Waals surface area contributed by atoms with E-state index in [1.165, 1.54) is 11.1 Å². The SMILES string of the molecule is CCc1ccc(OCCn2c(Cc3ccc(Cl)cc3)nc3ccccc32)cc1. The van der Waals surface area contributed by atoms with Crippen molar-refractivity contribution in [2.24, 2.45) is 0 Å². The Morgan fingerprint density at radius 3 is 2.36 bits per heavy atom. The molecule has 4 rings (SSSR count). The Hall–Kier alpha value is -2.78. The Labute approximate surface area is 170 Å². The zero-order valence-corrected chi connectivity index (χ0v) is 16.7. The highest BCUT2D eigenvalue weighted by Gasteiger charge is 2.11. The van der Waals surface area contributed by atoms with E-state index in [2.05, 4.69) is 54.0 Å². The number of hydrogen-bond donors (Lipinski definition) is 0. The van der Waals surface area contributed by atoms with Gasteiger partial charge < -0.3 is 9.30 Å². The third-order valence-corrected chi connectivity index (χ3v) is 5.18. The fourth-order valence-corrected chi connectivity index (χ4v) is 3.50. The van der Waals surface area contributed by atoms with Gasteiger partial charge >= 0.3 is 0 Å². The molecule has 142 valence electrons. The Balaban J connectivity index is 1.53. The second-order valence-electron chi connectivity index (χ2n) is 6.82. The minimum absolute atomic E-state index is 0.597. The molecule has 0 spiro atoms. The van der Waals surface area contributed by atoms with Gasteiger partial charge in [-0.2, -0.15) is 0 Å². The smallest absolute Gasteiger partial charge is 0.119 e. The number of fused-ring (bicyclic) bond motifs is 1. The predicted molar refractivity (Wildman–Crippen MR) is 115 cm³/mol. The molecule has 0 bridgehead atoms. The van der Waals surface area contributed by atoms with Crippen LogP contribution in [0.1, 0.15) is 23.9 Å². The van der Waals surface area contributed by atoms with Gasteiger partial charge in [0.05, 0.1) is 17.6 Å². The zero-order valence-electron chi connectivity index (χ0n) is 15.9. The van der Waals surface area contributed by atoms with Gasteiger partial charge in [0.2, 0.25) is 0 Å². The zero-order chi connectivity index (χ0) is 19.3. The standard InChI is InChI=1S/C24H23ClN2O/c1-2-18-9-13-21(14-10-18)28-16-15-27-23-6-4-3-5-22(23)26-24(27)17-19-7-11-20(25)12-8-19/h3-14H,2,15-17H2,1H3. The number of nitrogens with zero attached hydrogens (tertiary/aromatic N) is 2. The lowest BCUT2D eigenvalue weighted by Crippen LogP contribution is -2.11. The summed E-state index contributed by atoms with van der Waals surface area (Å²) in [5.41, 5.74) is 4.66. The first-order chi connectivity index (χ1) is 13.7. The third-order valence-electron chi connectivity index (χ3n) is 4.92. The fourth-order valence-electron chi connectivity index (χ4n) is 3.37. The van der Waals surface area contributed by atoms with Crippen LogP contribution in [0.5, 0.6) is 5.75 Å². The summed E-state index contributed by atoms with van der Waals surface area (Å²) in [6, 6.07) is 24.5. The van der Waals surface area contributed by atoms with E-state index >= 15 is 0 Å². The largest absolute Gasteiger partial charge is 0.492 e. The molecule has 1 heterocycles. The molecule has 0 N–H and O–H groups in total. The highest BCUT2D eigenvalue weighted by molar-refractivity contribution is 6.30. The van der Waals surface area contributed by atoms with E-state index in [1.807, 2.05) is 30.3 Å².